The second-order valence-electron chi connectivity index (χ2n) is 3.09. The van der Waals surface area contributed by atoms with Gasteiger partial charge < -0.3 is 10.1 Å². The minimum Gasteiger partial charge on any atom is -0.358 e. The van der Waals surface area contributed by atoms with Crippen LogP contribution in [0.15, 0.2) is 11.0 Å². The van der Waals surface area contributed by atoms with E-state index in [1.165, 1.54) is 0 Å². The number of nitrogens with two attached hydrogens (primary N) is 1. The number of halogens is 2. The van der Waals surface area contributed by atoms with Crippen molar-refractivity contribution in [2.24, 2.45) is 5.14 Å². The first-order valence-corrected chi connectivity index (χ1v) is 5.66. The SMILES string of the molecule is Cc1c(S(N)(=O)=O)cc([N+](=O)[O-])nc1C(F)F. The van der Waals surface area contributed by atoms with Gasteiger partial charge in [0.1, 0.15) is 0 Å². The molecule has 0 amide bonds. The van der Waals surface area contributed by atoms with Crippen molar-refractivity contribution >= 4 is 15.8 Å². The van der Waals surface area contributed by atoms with Gasteiger partial charge in [-0.3, -0.25) is 0 Å². The number of primary sulfonamides is 1. The van der Waals surface area contributed by atoms with E-state index in [0.717, 1.165) is 6.92 Å². The molecule has 0 bridgehead atoms. The highest BCUT2D eigenvalue weighted by molar-refractivity contribution is 7.89. The second kappa shape index (κ2) is 4.30. The van der Waals surface area contributed by atoms with Gasteiger partial charge in [0.25, 0.3) is 0 Å². The lowest BCUT2D eigenvalue weighted by Crippen LogP contribution is -2.16. The van der Waals surface area contributed by atoms with Crippen LogP contribution in [0.3, 0.4) is 0 Å². The third-order valence-corrected chi connectivity index (χ3v) is 2.99. The largest absolute Gasteiger partial charge is 0.365 e. The van der Waals surface area contributed by atoms with Crippen molar-refractivity contribution in [2.75, 3.05) is 0 Å². The summed E-state index contributed by atoms with van der Waals surface area (Å²) in [6, 6.07) is 0.552. The molecule has 0 atom stereocenters. The molecule has 17 heavy (non-hydrogen) atoms. The third-order valence-electron chi connectivity index (χ3n) is 1.95. The zero-order valence-corrected chi connectivity index (χ0v) is 9.24. The molecular formula is C7H7F2N3O4S. The summed E-state index contributed by atoms with van der Waals surface area (Å²) in [4.78, 5) is 11.7. The monoisotopic (exact) mass is 267 g/mol. The van der Waals surface area contributed by atoms with E-state index in [1.54, 1.807) is 0 Å². The Labute approximate surface area is 94.5 Å². The van der Waals surface area contributed by atoms with Crippen LogP contribution < -0.4 is 5.14 Å². The summed E-state index contributed by atoms with van der Waals surface area (Å²) < 4.78 is 47.2. The number of nitrogens with zero attached hydrogens (tertiary/aromatic N) is 2. The van der Waals surface area contributed by atoms with Crippen molar-refractivity contribution < 1.29 is 22.1 Å². The Bertz CT molecular complexity index is 573. The van der Waals surface area contributed by atoms with Crippen LogP contribution in [-0.2, 0) is 10.0 Å². The van der Waals surface area contributed by atoms with Crippen LogP contribution in [-0.4, -0.2) is 18.3 Å². The maximum Gasteiger partial charge on any atom is 0.365 e. The Morgan fingerprint density at radius 3 is 2.41 bits per heavy atom. The number of hydrogen-bond donors (Lipinski definition) is 1. The molecule has 0 aliphatic heterocycles. The first kappa shape index (κ1) is 13.4. The summed E-state index contributed by atoms with van der Waals surface area (Å²) in [6.45, 7) is 1.05. The van der Waals surface area contributed by atoms with Gasteiger partial charge in [0, 0.05) is 5.56 Å². The molecule has 0 aromatic carbocycles. The van der Waals surface area contributed by atoms with Crippen molar-refractivity contribution in [3.8, 4) is 0 Å². The van der Waals surface area contributed by atoms with Crippen LogP contribution in [0.4, 0.5) is 14.6 Å². The van der Waals surface area contributed by atoms with Crippen molar-refractivity contribution in [1.82, 2.24) is 4.98 Å². The van der Waals surface area contributed by atoms with Crippen molar-refractivity contribution in [1.29, 1.82) is 0 Å². The molecule has 0 aliphatic rings. The van der Waals surface area contributed by atoms with Gasteiger partial charge >= 0.3 is 12.2 Å². The van der Waals surface area contributed by atoms with Gasteiger partial charge in [-0.15, -0.1) is 0 Å². The predicted molar refractivity (Wildman–Crippen MR) is 52.0 cm³/mol. The van der Waals surface area contributed by atoms with Gasteiger partial charge in [0.15, 0.2) is 0 Å². The van der Waals surface area contributed by atoms with Crippen LogP contribution in [0.5, 0.6) is 0 Å². The molecule has 0 aliphatic carbocycles. The Kier molecular flexibility index (Phi) is 3.38. The molecule has 0 fully saturated rings. The summed E-state index contributed by atoms with van der Waals surface area (Å²) >= 11 is 0. The smallest absolute Gasteiger partial charge is 0.358 e. The van der Waals surface area contributed by atoms with Crippen molar-refractivity contribution in [2.45, 2.75) is 18.2 Å². The highest BCUT2D eigenvalue weighted by Gasteiger charge is 2.28. The fraction of sp³-hybridized carbons (Fsp3) is 0.286. The van der Waals surface area contributed by atoms with Crippen LogP contribution in [0.1, 0.15) is 17.7 Å². The van der Waals surface area contributed by atoms with E-state index in [1.807, 2.05) is 0 Å². The lowest BCUT2D eigenvalue weighted by atomic mass is 10.2. The Morgan fingerprint density at radius 2 is 2.06 bits per heavy atom. The van der Waals surface area contributed by atoms with E-state index in [0.29, 0.717) is 6.07 Å². The number of hydrogen-bond acceptors (Lipinski definition) is 5. The standard InChI is InChI=1S/C7H7F2N3O4S/c1-3-4(17(10,15)16)2-5(12(13)14)11-6(3)7(8)9/h2,7H,1H3,(H2,10,15,16). The lowest BCUT2D eigenvalue weighted by molar-refractivity contribution is -0.390. The van der Waals surface area contributed by atoms with Gasteiger partial charge in [-0.05, 0) is 16.8 Å². The highest BCUT2D eigenvalue weighted by atomic mass is 32.2. The molecule has 1 rings (SSSR count). The lowest BCUT2D eigenvalue weighted by Gasteiger charge is -2.05. The number of pyridine rings is 1. The molecular weight excluding hydrogens is 260 g/mol. The van der Waals surface area contributed by atoms with E-state index in [9.17, 15) is 27.3 Å². The summed E-state index contributed by atoms with van der Waals surface area (Å²) in [6.07, 6.45) is -3.13. The van der Waals surface area contributed by atoms with Crippen LogP contribution in [0.2, 0.25) is 0 Å². The summed E-state index contributed by atoms with van der Waals surface area (Å²) in [5, 5.41) is 15.2. The van der Waals surface area contributed by atoms with Gasteiger partial charge in [-0.25, -0.2) is 22.3 Å². The Morgan fingerprint density at radius 1 is 1.53 bits per heavy atom. The number of aromatic nitrogens is 1. The van der Waals surface area contributed by atoms with Crippen LogP contribution >= 0.6 is 0 Å². The van der Waals surface area contributed by atoms with Gasteiger partial charge in [-0.1, -0.05) is 0 Å². The van der Waals surface area contributed by atoms with E-state index in [2.05, 4.69) is 4.98 Å². The molecule has 0 radical (unpaired) electrons. The molecule has 94 valence electrons. The molecule has 0 spiro atoms. The molecule has 0 saturated carbocycles. The highest BCUT2D eigenvalue weighted by Crippen LogP contribution is 2.28. The zero-order chi connectivity index (χ0) is 13.4. The quantitative estimate of drug-likeness (QED) is 0.644. The van der Waals surface area contributed by atoms with Crippen molar-refractivity contribution in [3.05, 3.63) is 27.4 Å². The minimum atomic E-state index is -4.32. The molecule has 0 saturated heterocycles. The van der Waals surface area contributed by atoms with Crippen LogP contribution in [0.25, 0.3) is 0 Å². The summed E-state index contributed by atoms with van der Waals surface area (Å²) in [5.74, 6) is -0.991. The number of rotatable bonds is 3. The van der Waals surface area contributed by atoms with E-state index in [4.69, 9.17) is 5.14 Å². The molecule has 1 heterocycles. The maximum atomic E-state index is 12.5. The van der Waals surface area contributed by atoms with E-state index in [-0.39, 0.29) is 0 Å². The summed E-state index contributed by atoms with van der Waals surface area (Å²) in [7, 11) is -4.32. The van der Waals surface area contributed by atoms with Crippen LogP contribution in [0, 0.1) is 17.0 Å². The molecule has 1 aromatic rings. The van der Waals surface area contributed by atoms with Gasteiger partial charge in [-0.2, -0.15) is 0 Å². The predicted octanol–water partition coefficient (Wildman–Crippen LogP) is 0.883. The first-order valence-electron chi connectivity index (χ1n) is 4.11. The topological polar surface area (TPSA) is 116 Å². The average Bonchev–Trinajstić information content (AvgIpc) is 2.15. The second-order valence-corrected chi connectivity index (χ2v) is 4.62. The zero-order valence-electron chi connectivity index (χ0n) is 8.42. The maximum absolute atomic E-state index is 12.5. The molecule has 10 heteroatoms. The third kappa shape index (κ3) is 2.71. The van der Waals surface area contributed by atoms with E-state index < -0.39 is 43.3 Å². The number of sulfonamides is 1. The van der Waals surface area contributed by atoms with Crippen molar-refractivity contribution in [3.63, 3.8) is 0 Å². The fourth-order valence-corrected chi connectivity index (χ4v) is 1.99. The molecule has 2 N–H and O–H groups in total. The number of nitro groups is 1. The van der Waals surface area contributed by atoms with Gasteiger partial charge in [0.2, 0.25) is 15.7 Å². The minimum absolute atomic E-state index is 0.395. The normalized spacial score (nSPS) is 11.8. The van der Waals surface area contributed by atoms with E-state index >= 15 is 0 Å². The first-order chi connectivity index (χ1) is 7.64. The Balaban J connectivity index is 3.67. The molecule has 0 unspecified atom stereocenters. The fourth-order valence-electron chi connectivity index (χ4n) is 1.19. The number of alkyl halides is 2. The molecule has 1 aromatic heterocycles. The Hall–Kier alpha value is -1.68. The molecule has 7 nitrogen and oxygen atoms in total. The van der Waals surface area contributed by atoms with Gasteiger partial charge in [0.05, 0.1) is 11.0 Å². The average molecular weight is 267 g/mol. The summed E-state index contributed by atoms with van der Waals surface area (Å²) in [5.41, 5.74) is -1.36.